The fourth-order valence-electron chi connectivity index (χ4n) is 4.25. The lowest BCUT2D eigenvalue weighted by atomic mass is 10.1. The van der Waals surface area contributed by atoms with Crippen molar-refractivity contribution in [3.63, 3.8) is 0 Å². The SMILES string of the molecule is CN(Cc1n[nH]c2c1CCCCC2)c1nc(-c2cccnc2)nc2c1CNC2. The van der Waals surface area contributed by atoms with Gasteiger partial charge in [-0.2, -0.15) is 5.10 Å². The predicted octanol–water partition coefficient (Wildman–Crippen LogP) is 2.77. The van der Waals surface area contributed by atoms with E-state index in [0.717, 1.165) is 61.1 Å². The number of hydrogen-bond acceptors (Lipinski definition) is 6. The van der Waals surface area contributed by atoms with Crippen LogP contribution in [0.2, 0.25) is 0 Å². The zero-order chi connectivity index (χ0) is 18.9. The van der Waals surface area contributed by atoms with Crippen molar-refractivity contribution in [1.29, 1.82) is 0 Å². The first kappa shape index (κ1) is 17.3. The average Bonchev–Trinajstić information content (AvgIpc) is 3.28. The lowest BCUT2D eigenvalue weighted by molar-refractivity contribution is 0.696. The van der Waals surface area contributed by atoms with Crippen molar-refractivity contribution in [3.8, 4) is 11.4 Å². The molecule has 5 rings (SSSR count). The van der Waals surface area contributed by atoms with E-state index in [9.17, 15) is 0 Å². The largest absolute Gasteiger partial charge is 0.353 e. The van der Waals surface area contributed by atoms with E-state index in [1.165, 1.54) is 36.1 Å². The van der Waals surface area contributed by atoms with E-state index in [0.29, 0.717) is 0 Å². The summed E-state index contributed by atoms with van der Waals surface area (Å²) in [4.78, 5) is 16.1. The van der Waals surface area contributed by atoms with Crippen molar-refractivity contribution in [3.05, 3.63) is 52.7 Å². The van der Waals surface area contributed by atoms with E-state index < -0.39 is 0 Å². The number of anilines is 1. The van der Waals surface area contributed by atoms with Gasteiger partial charge in [-0.05, 0) is 43.4 Å². The Labute approximate surface area is 164 Å². The highest BCUT2D eigenvalue weighted by Gasteiger charge is 2.24. The molecule has 1 aliphatic carbocycles. The second kappa shape index (κ2) is 7.31. The molecule has 2 N–H and O–H groups in total. The van der Waals surface area contributed by atoms with Crippen molar-refractivity contribution in [2.75, 3.05) is 11.9 Å². The van der Waals surface area contributed by atoms with E-state index in [-0.39, 0.29) is 0 Å². The van der Waals surface area contributed by atoms with E-state index >= 15 is 0 Å². The second-order valence-corrected chi connectivity index (χ2v) is 7.69. The number of H-pyrrole nitrogens is 1. The third-order valence-corrected chi connectivity index (χ3v) is 5.73. The van der Waals surface area contributed by atoms with Crippen molar-refractivity contribution < 1.29 is 0 Å². The minimum absolute atomic E-state index is 0.734. The Morgan fingerprint density at radius 1 is 1.07 bits per heavy atom. The Bertz CT molecular complexity index is 980. The third kappa shape index (κ3) is 3.16. The van der Waals surface area contributed by atoms with Crippen LogP contribution in [0.5, 0.6) is 0 Å². The molecule has 0 atom stereocenters. The molecule has 0 radical (unpaired) electrons. The maximum absolute atomic E-state index is 4.92. The second-order valence-electron chi connectivity index (χ2n) is 7.69. The first-order chi connectivity index (χ1) is 13.8. The standard InChI is InChI=1S/C21H25N7/c1-28(13-19-15-7-3-2-4-8-17(15)26-27-19)21-16-11-23-12-18(16)24-20(25-21)14-6-5-9-22-10-14/h5-6,9-10,23H,2-4,7-8,11-13H2,1H3,(H,26,27). The topological polar surface area (TPSA) is 82.6 Å². The first-order valence-electron chi connectivity index (χ1n) is 10.1. The van der Waals surface area contributed by atoms with Gasteiger partial charge in [0.25, 0.3) is 0 Å². The maximum Gasteiger partial charge on any atom is 0.163 e. The predicted molar refractivity (Wildman–Crippen MR) is 108 cm³/mol. The van der Waals surface area contributed by atoms with Crippen molar-refractivity contribution >= 4 is 5.82 Å². The number of nitrogens with zero attached hydrogens (tertiary/aromatic N) is 5. The zero-order valence-electron chi connectivity index (χ0n) is 16.2. The van der Waals surface area contributed by atoms with Gasteiger partial charge in [-0.1, -0.05) is 6.42 Å². The highest BCUT2D eigenvalue weighted by Crippen LogP contribution is 2.29. The number of rotatable bonds is 4. The van der Waals surface area contributed by atoms with Gasteiger partial charge < -0.3 is 10.2 Å². The normalized spacial score (nSPS) is 15.8. The summed E-state index contributed by atoms with van der Waals surface area (Å²) in [5, 5.41) is 11.3. The fourth-order valence-corrected chi connectivity index (χ4v) is 4.25. The molecule has 0 saturated heterocycles. The molecule has 4 heterocycles. The van der Waals surface area contributed by atoms with Gasteiger partial charge in [0.2, 0.25) is 0 Å². The van der Waals surface area contributed by atoms with Crippen LogP contribution >= 0.6 is 0 Å². The van der Waals surface area contributed by atoms with Crippen LogP contribution in [0.4, 0.5) is 5.82 Å². The quantitative estimate of drug-likeness (QED) is 0.683. The molecule has 7 nitrogen and oxygen atoms in total. The van der Waals surface area contributed by atoms with E-state index in [1.807, 2.05) is 18.3 Å². The Hall–Kier alpha value is -2.80. The number of fused-ring (bicyclic) bond motifs is 2. The van der Waals surface area contributed by atoms with Gasteiger partial charge in [0, 0.05) is 49.4 Å². The number of aromatic nitrogens is 5. The number of aromatic amines is 1. The minimum atomic E-state index is 0.734. The van der Waals surface area contributed by atoms with Gasteiger partial charge in [0.15, 0.2) is 5.82 Å². The van der Waals surface area contributed by atoms with Gasteiger partial charge in [-0.15, -0.1) is 0 Å². The van der Waals surface area contributed by atoms with E-state index in [4.69, 9.17) is 9.97 Å². The number of pyridine rings is 1. The smallest absolute Gasteiger partial charge is 0.163 e. The van der Waals surface area contributed by atoms with Crippen LogP contribution in [0.15, 0.2) is 24.5 Å². The Kier molecular flexibility index (Phi) is 4.52. The lowest BCUT2D eigenvalue weighted by Gasteiger charge is -2.21. The van der Waals surface area contributed by atoms with E-state index in [1.54, 1.807) is 6.20 Å². The molecule has 7 heteroatoms. The highest BCUT2D eigenvalue weighted by molar-refractivity contribution is 5.60. The summed E-state index contributed by atoms with van der Waals surface area (Å²) in [6.07, 6.45) is 9.64. The Balaban J connectivity index is 1.49. The van der Waals surface area contributed by atoms with Crippen LogP contribution in [0.1, 0.15) is 47.5 Å². The number of hydrogen-bond donors (Lipinski definition) is 2. The van der Waals surface area contributed by atoms with Crippen LogP contribution in [-0.4, -0.2) is 32.2 Å². The summed E-state index contributed by atoms with van der Waals surface area (Å²) in [5.41, 5.74) is 7.11. The Morgan fingerprint density at radius 3 is 2.89 bits per heavy atom. The van der Waals surface area contributed by atoms with Crippen LogP contribution in [0.3, 0.4) is 0 Å². The lowest BCUT2D eigenvalue weighted by Crippen LogP contribution is -2.21. The van der Waals surface area contributed by atoms with Crippen molar-refractivity contribution in [1.82, 2.24) is 30.5 Å². The van der Waals surface area contributed by atoms with Crippen LogP contribution in [-0.2, 0) is 32.5 Å². The molecule has 0 fully saturated rings. The molecule has 144 valence electrons. The van der Waals surface area contributed by atoms with Crippen LogP contribution in [0.25, 0.3) is 11.4 Å². The molecule has 0 amide bonds. The van der Waals surface area contributed by atoms with Gasteiger partial charge in [-0.25, -0.2) is 9.97 Å². The third-order valence-electron chi connectivity index (χ3n) is 5.73. The molecule has 3 aromatic heterocycles. The molecule has 0 bridgehead atoms. The van der Waals surface area contributed by atoms with Crippen molar-refractivity contribution in [2.45, 2.75) is 51.7 Å². The van der Waals surface area contributed by atoms with Gasteiger partial charge in [-0.3, -0.25) is 10.1 Å². The number of nitrogens with one attached hydrogen (secondary N) is 2. The summed E-state index contributed by atoms with van der Waals surface area (Å²) < 4.78 is 0. The molecule has 3 aromatic rings. The average molecular weight is 375 g/mol. The van der Waals surface area contributed by atoms with Crippen LogP contribution < -0.4 is 10.2 Å². The molecule has 0 saturated carbocycles. The molecular weight excluding hydrogens is 350 g/mol. The molecule has 28 heavy (non-hydrogen) atoms. The van der Waals surface area contributed by atoms with Gasteiger partial charge in [0.1, 0.15) is 5.82 Å². The minimum Gasteiger partial charge on any atom is -0.353 e. The zero-order valence-corrected chi connectivity index (χ0v) is 16.2. The van der Waals surface area contributed by atoms with Gasteiger partial charge >= 0.3 is 0 Å². The number of aryl methyl sites for hydroxylation is 1. The monoisotopic (exact) mass is 375 g/mol. The van der Waals surface area contributed by atoms with Crippen molar-refractivity contribution in [2.24, 2.45) is 0 Å². The summed E-state index contributed by atoms with van der Waals surface area (Å²) >= 11 is 0. The highest BCUT2D eigenvalue weighted by atomic mass is 15.2. The van der Waals surface area contributed by atoms with Gasteiger partial charge in [0.05, 0.1) is 17.9 Å². The summed E-state index contributed by atoms with van der Waals surface area (Å²) in [5.74, 6) is 1.72. The molecule has 1 aliphatic heterocycles. The molecule has 2 aliphatic rings. The molecule has 0 aromatic carbocycles. The van der Waals surface area contributed by atoms with Crippen LogP contribution in [0, 0.1) is 0 Å². The molecule has 0 unspecified atom stereocenters. The molecule has 0 spiro atoms. The maximum atomic E-state index is 4.92. The summed E-state index contributed by atoms with van der Waals surface area (Å²) in [6, 6.07) is 3.93. The summed E-state index contributed by atoms with van der Waals surface area (Å²) in [7, 11) is 2.10. The van der Waals surface area contributed by atoms with E-state index in [2.05, 4.69) is 32.4 Å². The molecular formula is C21H25N7. The summed E-state index contributed by atoms with van der Waals surface area (Å²) in [6.45, 7) is 2.34. The fraction of sp³-hybridized carbons (Fsp3) is 0.429. The first-order valence-corrected chi connectivity index (χ1v) is 10.1. The Morgan fingerprint density at radius 2 is 2.00 bits per heavy atom.